The van der Waals surface area contributed by atoms with Gasteiger partial charge in [0.05, 0.1) is 0 Å². The third-order valence-corrected chi connectivity index (χ3v) is 10.7. The van der Waals surface area contributed by atoms with Gasteiger partial charge in [0.15, 0.2) is 0 Å². The molecule has 266 valence electrons. The zero-order valence-electron chi connectivity index (χ0n) is 31.8. The van der Waals surface area contributed by atoms with Crippen LogP contribution in [0, 0.1) is 0 Å². The number of piperidine rings is 1. The zero-order chi connectivity index (χ0) is 33.1. The van der Waals surface area contributed by atoms with E-state index in [1.165, 1.54) is 148 Å². The lowest BCUT2D eigenvalue weighted by molar-refractivity contribution is -0.182. The summed E-state index contributed by atoms with van der Waals surface area (Å²) in [6, 6.07) is 0. The van der Waals surface area contributed by atoms with Crippen LogP contribution in [0.5, 0.6) is 0 Å². The molecular weight excluding hydrogens is 552 g/mol. The molecule has 1 atom stereocenters. The molecule has 0 aliphatic carbocycles. The highest BCUT2D eigenvalue weighted by molar-refractivity contribution is 5.87. The Morgan fingerprint density at radius 3 is 1.24 bits per heavy atom. The lowest BCUT2D eigenvalue weighted by Crippen LogP contribution is -2.67. The van der Waals surface area contributed by atoms with Crippen molar-refractivity contribution in [2.24, 2.45) is 0 Å². The van der Waals surface area contributed by atoms with Gasteiger partial charge in [0, 0.05) is 30.5 Å². The van der Waals surface area contributed by atoms with E-state index in [4.69, 9.17) is 4.74 Å². The van der Waals surface area contributed by atoms with Crippen LogP contribution in [0.25, 0.3) is 0 Å². The number of nitrogens with zero attached hydrogens (tertiary/aromatic N) is 1. The molecule has 0 bridgehead atoms. The lowest BCUT2D eigenvalue weighted by atomic mass is 9.76. The summed E-state index contributed by atoms with van der Waals surface area (Å²) < 4.78 is 7.06. The summed E-state index contributed by atoms with van der Waals surface area (Å²) in [6.07, 6.45) is 36.3. The average molecular weight is 633 g/mol. The molecule has 0 aromatic carbocycles. The van der Waals surface area contributed by atoms with Crippen LogP contribution in [0.2, 0.25) is 0 Å². The fourth-order valence-electron chi connectivity index (χ4n) is 8.75. The molecule has 4 heteroatoms. The summed E-state index contributed by atoms with van der Waals surface area (Å²) in [5.41, 5.74) is -1.31. The number of unbranched alkanes of at least 4 members (excludes halogenated alkanes) is 23. The van der Waals surface area contributed by atoms with Crippen molar-refractivity contribution in [2.75, 3.05) is 6.54 Å². The van der Waals surface area contributed by atoms with Gasteiger partial charge in [-0.15, -0.1) is 0 Å². The Hall–Kier alpha value is -0.610. The molecule has 0 aromatic heterocycles. The number of ether oxygens (including phenoxy) is 1. The first-order valence-corrected chi connectivity index (χ1v) is 20.3. The smallest absolute Gasteiger partial charge is 0.256 e. The molecule has 1 amide bonds. The van der Waals surface area contributed by atoms with E-state index in [2.05, 4.69) is 58.7 Å². The summed E-state index contributed by atoms with van der Waals surface area (Å²) >= 11 is 0. The molecule has 2 heterocycles. The first-order chi connectivity index (χ1) is 21.5. The largest absolute Gasteiger partial charge is 0.339 e. The van der Waals surface area contributed by atoms with Crippen molar-refractivity contribution in [1.82, 2.24) is 10.2 Å². The molecule has 1 spiro atoms. The Kier molecular flexibility index (Phi) is 19.3. The summed E-state index contributed by atoms with van der Waals surface area (Å²) in [5.74, 6) is 0.261. The standard InChI is InChI=1S/C41H80N2O2/c1-8-10-12-14-16-18-19-20-21-22-23-24-26-28-30-32-34-43-37(44)40(7,33-31-29-27-25-17-15-13-11-9-2)45-41(43)35-38(3,4)42-39(5,6)36-41/h42H,8-36H2,1-7H3. The van der Waals surface area contributed by atoms with Crippen molar-refractivity contribution in [1.29, 1.82) is 0 Å². The van der Waals surface area contributed by atoms with E-state index >= 15 is 0 Å². The second-order valence-corrected chi connectivity index (χ2v) is 16.9. The molecule has 0 aromatic rings. The highest BCUT2D eigenvalue weighted by atomic mass is 16.6. The van der Waals surface area contributed by atoms with Crippen LogP contribution < -0.4 is 5.32 Å². The molecule has 0 radical (unpaired) electrons. The highest BCUT2D eigenvalue weighted by Gasteiger charge is 2.62. The Morgan fingerprint density at radius 1 is 0.533 bits per heavy atom. The third kappa shape index (κ3) is 15.4. The Bertz CT molecular complexity index is 761. The maximum Gasteiger partial charge on any atom is 0.256 e. The van der Waals surface area contributed by atoms with E-state index < -0.39 is 11.3 Å². The minimum Gasteiger partial charge on any atom is -0.339 e. The monoisotopic (exact) mass is 633 g/mol. The van der Waals surface area contributed by atoms with Crippen molar-refractivity contribution < 1.29 is 9.53 Å². The minimum atomic E-state index is -0.681. The molecular formula is C41H80N2O2. The maximum atomic E-state index is 14.2. The fourth-order valence-corrected chi connectivity index (χ4v) is 8.75. The van der Waals surface area contributed by atoms with Gasteiger partial charge < -0.3 is 15.0 Å². The van der Waals surface area contributed by atoms with Gasteiger partial charge in [-0.05, 0) is 47.5 Å². The van der Waals surface area contributed by atoms with E-state index in [0.717, 1.165) is 38.6 Å². The Labute approximate surface area is 282 Å². The van der Waals surface area contributed by atoms with Crippen molar-refractivity contribution >= 4 is 5.91 Å². The molecule has 2 aliphatic rings. The fraction of sp³-hybridized carbons (Fsp3) is 0.976. The molecule has 2 aliphatic heterocycles. The summed E-state index contributed by atoms with van der Waals surface area (Å²) in [7, 11) is 0. The molecule has 45 heavy (non-hydrogen) atoms. The van der Waals surface area contributed by atoms with E-state index in [1.807, 2.05) is 0 Å². The molecule has 1 N–H and O–H groups in total. The first kappa shape index (κ1) is 40.6. The van der Waals surface area contributed by atoms with Crippen molar-refractivity contribution in [3.8, 4) is 0 Å². The van der Waals surface area contributed by atoms with E-state index in [0.29, 0.717) is 0 Å². The van der Waals surface area contributed by atoms with E-state index in [9.17, 15) is 4.79 Å². The van der Waals surface area contributed by atoms with Gasteiger partial charge in [-0.3, -0.25) is 4.79 Å². The highest BCUT2D eigenvalue weighted by Crippen LogP contribution is 2.49. The average Bonchev–Trinajstić information content (AvgIpc) is 3.14. The number of amides is 1. The van der Waals surface area contributed by atoms with Crippen LogP contribution in [0.15, 0.2) is 0 Å². The molecule has 2 saturated heterocycles. The van der Waals surface area contributed by atoms with Gasteiger partial charge >= 0.3 is 0 Å². The van der Waals surface area contributed by atoms with Crippen LogP contribution in [-0.4, -0.2) is 39.8 Å². The number of nitrogens with one attached hydrogen (secondary N) is 1. The first-order valence-electron chi connectivity index (χ1n) is 20.3. The number of carbonyl (C=O) groups excluding carboxylic acids is 1. The number of hydrogen-bond acceptors (Lipinski definition) is 3. The van der Waals surface area contributed by atoms with Crippen LogP contribution in [0.4, 0.5) is 0 Å². The van der Waals surface area contributed by atoms with Crippen LogP contribution in [0.1, 0.15) is 228 Å². The van der Waals surface area contributed by atoms with Crippen LogP contribution in [-0.2, 0) is 9.53 Å². The van der Waals surface area contributed by atoms with Crippen molar-refractivity contribution in [3.63, 3.8) is 0 Å². The van der Waals surface area contributed by atoms with Crippen LogP contribution in [0.3, 0.4) is 0 Å². The van der Waals surface area contributed by atoms with Crippen LogP contribution >= 0.6 is 0 Å². The Morgan fingerprint density at radius 2 is 0.867 bits per heavy atom. The predicted molar refractivity (Wildman–Crippen MR) is 196 cm³/mol. The topological polar surface area (TPSA) is 41.6 Å². The van der Waals surface area contributed by atoms with Gasteiger partial charge in [0.2, 0.25) is 0 Å². The molecule has 0 saturated carbocycles. The van der Waals surface area contributed by atoms with Gasteiger partial charge in [-0.25, -0.2) is 0 Å². The summed E-state index contributed by atoms with van der Waals surface area (Å²) in [5, 5.41) is 3.84. The van der Waals surface area contributed by atoms with Gasteiger partial charge in [0.25, 0.3) is 5.91 Å². The second kappa shape index (κ2) is 21.4. The van der Waals surface area contributed by atoms with E-state index in [1.54, 1.807) is 0 Å². The van der Waals surface area contributed by atoms with Gasteiger partial charge in [-0.1, -0.05) is 168 Å². The van der Waals surface area contributed by atoms with E-state index in [-0.39, 0.29) is 17.0 Å². The zero-order valence-corrected chi connectivity index (χ0v) is 31.8. The molecule has 2 rings (SSSR count). The number of hydrogen-bond donors (Lipinski definition) is 1. The maximum absolute atomic E-state index is 14.2. The summed E-state index contributed by atoms with van der Waals surface area (Å²) in [6.45, 7) is 16.7. The van der Waals surface area contributed by atoms with Crippen molar-refractivity contribution in [2.45, 2.75) is 251 Å². The van der Waals surface area contributed by atoms with Gasteiger partial charge in [-0.2, -0.15) is 0 Å². The minimum absolute atomic E-state index is 0.0715. The lowest BCUT2D eigenvalue weighted by Gasteiger charge is -2.53. The second-order valence-electron chi connectivity index (χ2n) is 16.9. The SMILES string of the molecule is CCCCCCCCCCCCCCCCCCN1C(=O)C(C)(CCCCCCCCCCC)OC12CC(C)(C)NC(C)(C)C2. The van der Waals surface area contributed by atoms with Gasteiger partial charge in [0.1, 0.15) is 11.3 Å². The molecule has 1 unspecified atom stereocenters. The quantitative estimate of drug-likeness (QED) is 0.0916. The number of rotatable bonds is 27. The predicted octanol–water partition coefficient (Wildman–Crippen LogP) is 12.4. The third-order valence-electron chi connectivity index (χ3n) is 10.7. The number of carbonyl (C=O) groups is 1. The molecule has 2 fully saturated rings. The van der Waals surface area contributed by atoms with Crippen molar-refractivity contribution in [3.05, 3.63) is 0 Å². The molecule has 4 nitrogen and oxygen atoms in total. The summed E-state index contributed by atoms with van der Waals surface area (Å²) in [4.78, 5) is 16.4. The Balaban J connectivity index is 1.74. The normalized spacial score (nSPS) is 22.1.